The second kappa shape index (κ2) is 12.6. The normalized spacial score (nSPS) is 10.4. The van der Waals surface area contributed by atoms with Gasteiger partial charge < -0.3 is 24.8 Å². The first-order valence-electron chi connectivity index (χ1n) is 10.8. The standard InChI is InChI=1S/C26H26N4O6/c1-17-8-4-5-12-21(17)29-23(31)16-36-24-18(9-6-13-22(24)35-3)15-27-30-26(33)25(32)28-19-10-7-11-20(14-19)34-2/h4-15H,16H2,1-3H3,(H,28,32)(H,29,31)(H,30,33)/b27-15-. The first-order valence-corrected chi connectivity index (χ1v) is 10.8. The predicted molar refractivity (Wildman–Crippen MR) is 136 cm³/mol. The summed E-state index contributed by atoms with van der Waals surface area (Å²) >= 11 is 0. The molecule has 0 radical (unpaired) electrons. The molecule has 0 saturated carbocycles. The Morgan fingerprint density at radius 2 is 1.67 bits per heavy atom. The van der Waals surface area contributed by atoms with Crippen molar-refractivity contribution >= 4 is 35.3 Å². The first kappa shape index (κ1) is 25.8. The summed E-state index contributed by atoms with van der Waals surface area (Å²) in [4.78, 5) is 36.7. The summed E-state index contributed by atoms with van der Waals surface area (Å²) in [6, 6.07) is 19.0. The van der Waals surface area contributed by atoms with Crippen LogP contribution in [0, 0.1) is 6.92 Å². The van der Waals surface area contributed by atoms with Gasteiger partial charge in [-0.3, -0.25) is 14.4 Å². The van der Waals surface area contributed by atoms with Crippen molar-refractivity contribution in [2.24, 2.45) is 5.10 Å². The minimum atomic E-state index is -0.975. The lowest BCUT2D eigenvalue weighted by Gasteiger charge is -2.13. The highest BCUT2D eigenvalue weighted by molar-refractivity contribution is 6.39. The van der Waals surface area contributed by atoms with Gasteiger partial charge in [-0.1, -0.05) is 30.3 Å². The van der Waals surface area contributed by atoms with E-state index in [1.807, 2.05) is 25.1 Å². The van der Waals surface area contributed by atoms with Crippen LogP contribution in [0.2, 0.25) is 0 Å². The summed E-state index contributed by atoms with van der Waals surface area (Å²) in [5.74, 6) is -1.10. The average molecular weight is 491 g/mol. The molecule has 3 amide bonds. The van der Waals surface area contributed by atoms with Crippen molar-refractivity contribution in [2.45, 2.75) is 6.92 Å². The molecule has 0 aliphatic heterocycles. The Hall–Kier alpha value is -4.86. The average Bonchev–Trinajstić information content (AvgIpc) is 2.89. The monoisotopic (exact) mass is 490 g/mol. The molecule has 3 rings (SSSR count). The number of para-hydroxylation sites is 2. The maximum atomic E-state index is 12.4. The summed E-state index contributed by atoms with van der Waals surface area (Å²) in [6.07, 6.45) is 1.29. The summed E-state index contributed by atoms with van der Waals surface area (Å²) in [5.41, 5.74) is 4.58. The number of anilines is 2. The van der Waals surface area contributed by atoms with Crippen molar-refractivity contribution in [1.29, 1.82) is 0 Å². The number of hydrogen-bond donors (Lipinski definition) is 3. The third-order valence-electron chi connectivity index (χ3n) is 4.90. The van der Waals surface area contributed by atoms with E-state index in [1.54, 1.807) is 48.5 Å². The first-order chi connectivity index (χ1) is 17.4. The fourth-order valence-electron chi connectivity index (χ4n) is 3.09. The number of benzene rings is 3. The van der Waals surface area contributed by atoms with Gasteiger partial charge >= 0.3 is 11.8 Å². The van der Waals surface area contributed by atoms with Gasteiger partial charge in [-0.15, -0.1) is 0 Å². The molecule has 0 saturated heterocycles. The molecule has 0 aromatic heterocycles. The van der Waals surface area contributed by atoms with E-state index in [9.17, 15) is 14.4 Å². The van der Waals surface area contributed by atoms with E-state index in [0.29, 0.717) is 28.4 Å². The predicted octanol–water partition coefficient (Wildman–Crippen LogP) is 3.12. The van der Waals surface area contributed by atoms with Crippen LogP contribution in [0.1, 0.15) is 11.1 Å². The second-order valence-electron chi connectivity index (χ2n) is 7.42. The summed E-state index contributed by atoms with van der Waals surface area (Å²) in [7, 11) is 2.96. The largest absolute Gasteiger partial charge is 0.497 e. The summed E-state index contributed by atoms with van der Waals surface area (Å²) < 4.78 is 16.1. The van der Waals surface area contributed by atoms with Gasteiger partial charge in [-0.25, -0.2) is 5.43 Å². The lowest BCUT2D eigenvalue weighted by Crippen LogP contribution is -2.32. The number of aryl methyl sites for hydroxylation is 1. The van der Waals surface area contributed by atoms with Crippen LogP contribution in [-0.2, 0) is 14.4 Å². The van der Waals surface area contributed by atoms with Crippen LogP contribution >= 0.6 is 0 Å². The number of nitrogens with zero attached hydrogens (tertiary/aromatic N) is 1. The van der Waals surface area contributed by atoms with Crippen LogP contribution in [0.5, 0.6) is 17.2 Å². The van der Waals surface area contributed by atoms with Crippen molar-refractivity contribution in [3.63, 3.8) is 0 Å². The lowest BCUT2D eigenvalue weighted by atomic mass is 10.2. The second-order valence-corrected chi connectivity index (χ2v) is 7.42. The SMILES string of the molecule is COc1cccc(NC(=O)C(=O)N/N=C\c2cccc(OC)c2OCC(=O)Nc2ccccc2C)c1. The Kier molecular flexibility index (Phi) is 8.99. The van der Waals surface area contributed by atoms with Crippen molar-refractivity contribution in [1.82, 2.24) is 5.43 Å². The van der Waals surface area contributed by atoms with Gasteiger partial charge in [0.05, 0.1) is 20.4 Å². The third-order valence-corrected chi connectivity index (χ3v) is 4.90. The summed E-state index contributed by atoms with van der Waals surface area (Å²) in [5, 5.41) is 9.08. The zero-order valence-electron chi connectivity index (χ0n) is 20.0. The molecule has 3 aromatic carbocycles. The minimum absolute atomic E-state index is 0.249. The van der Waals surface area contributed by atoms with Gasteiger partial charge in [-0.2, -0.15) is 5.10 Å². The molecular formula is C26H26N4O6. The van der Waals surface area contributed by atoms with Crippen molar-refractivity contribution in [3.05, 3.63) is 77.9 Å². The Morgan fingerprint density at radius 1 is 0.889 bits per heavy atom. The van der Waals surface area contributed by atoms with Crippen LogP contribution in [0.4, 0.5) is 11.4 Å². The molecule has 0 heterocycles. The van der Waals surface area contributed by atoms with Crippen LogP contribution in [0.3, 0.4) is 0 Å². The molecule has 0 fully saturated rings. The zero-order valence-corrected chi connectivity index (χ0v) is 20.0. The molecule has 0 aliphatic rings. The quantitative estimate of drug-likeness (QED) is 0.240. The van der Waals surface area contributed by atoms with Crippen molar-refractivity contribution in [3.8, 4) is 17.2 Å². The third kappa shape index (κ3) is 7.07. The van der Waals surface area contributed by atoms with Crippen LogP contribution in [0.25, 0.3) is 0 Å². The molecule has 186 valence electrons. The van der Waals surface area contributed by atoms with E-state index >= 15 is 0 Å². The Labute approximate surface area is 208 Å². The Morgan fingerprint density at radius 3 is 2.42 bits per heavy atom. The highest BCUT2D eigenvalue weighted by atomic mass is 16.5. The van der Waals surface area contributed by atoms with Gasteiger partial charge in [0.1, 0.15) is 5.75 Å². The molecule has 0 atom stereocenters. The molecule has 0 bridgehead atoms. The summed E-state index contributed by atoms with van der Waals surface area (Å²) in [6.45, 7) is 1.60. The number of rotatable bonds is 9. The molecule has 0 unspecified atom stereocenters. The van der Waals surface area contributed by atoms with Gasteiger partial charge in [-0.05, 0) is 42.8 Å². The number of nitrogens with one attached hydrogen (secondary N) is 3. The topological polar surface area (TPSA) is 127 Å². The van der Waals surface area contributed by atoms with Gasteiger partial charge in [0.15, 0.2) is 18.1 Å². The number of ether oxygens (including phenoxy) is 3. The van der Waals surface area contributed by atoms with Crippen LogP contribution < -0.4 is 30.3 Å². The maximum Gasteiger partial charge on any atom is 0.329 e. The Balaban J connectivity index is 1.62. The van der Waals surface area contributed by atoms with Gasteiger partial charge in [0.25, 0.3) is 5.91 Å². The smallest absolute Gasteiger partial charge is 0.329 e. The fraction of sp³-hybridized carbons (Fsp3) is 0.154. The van der Waals surface area contributed by atoms with Crippen molar-refractivity contribution < 1.29 is 28.6 Å². The number of carbonyl (C=O) groups is 3. The number of amides is 3. The van der Waals surface area contributed by atoms with E-state index in [-0.39, 0.29) is 18.3 Å². The zero-order chi connectivity index (χ0) is 25.9. The van der Waals surface area contributed by atoms with Gasteiger partial charge in [0.2, 0.25) is 0 Å². The van der Waals surface area contributed by atoms with Crippen molar-refractivity contribution in [2.75, 3.05) is 31.5 Å². The fourth-order valence-corrected chi connectivity index (χ4v) is 3.09. The molecule has 36 heavy (non-hydrogen) atoms. The maximum absolute atomic E-state index is 12.4. The molecular weight excluding hydrogens is 464 g/mol. The highest BCUT2D eigenvalue weighted by Crippen LogP contribution is 2.30. The Bertz CT molecular complexity index is 1270. The van der Waals surface area contributed by atoms with E-state index < -0.39 is 11.8 Å². The number of hydrazone groups is 1. The molecule has 0 aliphatic carbocycles. The lowest BCUT2D eigenvalue weighted by molar-refractivity contribution is -0.136. The van der Waals surface area contributed by atoms with Crippen LogP contribution in [-0.4, -0.2) is 44.8 Å². The van der Waals surface area contributed by atoms with Crippen LogP contribution in [0.15, 0.2) is 71.8 Å². The molecule has 3 aromatic rings. The number of hydrogen-bond acceptors (Lipinski definition) is 7. The number of carbonyl (C=O) groups excluding carboxylic acids is 3. The molecule has 10 heteroatoms. The molecule has 10 nitrogen and oxygen atoms in total. The van der Waals surface area contributed by atoms with E-state index in [4.69, 9.17) is 14.2 Å². The van der Waals surface area contributed by atoms with E-state index in [2.05, 4.69) is 21.2 Å². The molecule has 3 N–H and O–H groups in total. The minimum Gasteiger partial charge on any atom is -0.497 e. The highest BCUT2D eigenvalue weighted by Gasteiger charge is 2.15. The van der Waals surface area contributed by atoms with E-state index in [0.717, 1.165) is 5.56 Å². The number of methoxy groups -OCH3 is 2. The van der Waals surface area contributed by atoms with Gasteiger partial charge in [0, 0.05) is 23.0 Å². The molecule has 0 spiro atoms. The van der Waals surface area contributed by atoms with E-state index in [1.165, 1.54) is 20.4 Å².